The van der Waals surface area contributed by atoms with E-state index in [9.17, 15) is 9.59 Å². The Morgan fingerprint density at radius 3 is 2.44 bits per heavy atom. The van der Waals surface area contributed by atoms with E-state index in [2.05, 4.69) is 17.6 Å². The van der Waals surface area contributed by atoms with Crippen LogP contribution >= 0.6 is 0 Å². The highest BCUT2D eigenvalue weighted by Gasteiger charge is 2.20. The molecule has 1 aliphatic heterocycles. The first-order chi connectivity index (χ1) is 7.63. The molecule has 0 atom stereocenters. The molecule has 0 radical (unpaired) electrons. The van der Waals surface area contributed by atoms with Crippen LogP contribution in [0.3, 0.4) is 0 Å². The first kappa shape index (κ1) is 12.8. The number of nitrogens with one attached hydrogen (secondary N) is 2. The van der Waals surface area contributed by atoms with Crippen LogP contribution in [0.1, 0.15) is 26.7 Å². The van der Waals surface area contributed by atoms with Crippen LogP contribution in [0.25, 0.3) is 0 Å². The Labute approximate surface area is 96.6 Å². The molecule has 0 saturated carbocycles. The molecule has 16 heavy (non-hydrogen) atoms. The predicted molar refractivity (Wildman–Crippen MR) is 62.1 cm³/mol. The summed E-state index contributed by atoms with van der Waals surface area (Å²) in [5.41, 5.74) is 0. The third-order valence-corrected chi connectivity index (χ3v) is 2.84. The summed E-state index contributed by atoms with van der Waals surface area (Å²) in [6.45, 7) is 6.30. The molecule has 0 unspecified atom stereocenters. The summed E-state index contributed by atoms with van der Waals surface area (Å²) in [5, 5.41) is 5.27. The van der Waals surface area contributed by atoms with E-state index in [1.54, 1.807) is 4.90 Å². The summed E-state index contributed by atoms with van der Waals surface area (Å²) in [7, 11) is 0. The van der Waals surface area contributed by atoms with Crippen LogP contribution in [-0.2, 0) is 4.79 Å². The third-order valence-electron chi connectivity index (χ3n) is 2.84. The summed E-state index contributed by atoms with van der Waals surface area (Å²) in [5.74, 6) is 0.564. The highest BCUT2D eigenvalue weighted by Crippen LogP contribution is 2.15. The normalized spacial score (nSPS) is 17.0. The predicted octanol–water partition coefficient (Wildman–Crippen LogP) is 0.564. The van der Waals surface area contributed by atoms with Gasteiger partial charge in [-0.05, 0) is 25.7 Å². The number of rotatable bonds is 3. The maximum absolute atomic E-state index is 11.6. The van der Waals surface area contributed by atoms with Crippen molar-refractivity contribution in [2.24, 2.45) is 5.92 Å². The molecule has 1 saturated heterocycles. The number of amides is 3. The van der Waals surface area contributed by atoms with Gasteiger partial charge in [-0.1, -0.05) is 6.92 Å². The van der Waals surface area contributed by atoms with Crippen LogP contribution < -0.4 is 10.6 Å². The molecule has 0 aromatic heterocycles. The molecule has 5 nitrogen and oxygen atoms in total. The van der Waals surface area contributed by atoms with E-state index in [0.29, 0.717) is 12.5 Å². The molecule has 2 N–H and O–H groups in total. The van der Waals surface area contributed by atoms with Crippen molar-refractivity contribution in [2.75, 3.05) is 26.2 Å². The largest absolute Gasteiger partial charge is 0.355 e. The minimum absolute atomic E-state index is 0.0682. The Morgan fingerprint density at radius 2 is 1.88 bits per heavy atom. The van der Waals surface area contributed by atoms with E-state index in [1.807, 2.05) is 6.92 Å². The lowest BCUT2D eigenvalue weighted by molar-refractivity contribution is -0.120. The van der Waals surface area contributed by atoms with Gasteiger partial charge in [-0.3, -0.25) is 4.79 Å². The average molecular weight is 227 g/mol. The number of piperidine rings is 1. The van der Waals surface area contributed by atoms with Gasteiger partial charge in [0, 0.05) is 19.6 Å². The Balaban J connectivity index is 2.22. The minimum Gasteiger partial charge on any atom is -0.355 e. The zero-order valence-corrected chi connectivity index (χ0v) is 10.1. The molecule has 1 rings (SSSR count). The number of carbonyl (C=O) groups excluding carboxylic acids is 2. The van der Waals surface area contributed by atoms with Crippen LogP contribution in [0.4, 0.5) is 4.79 Å². The topological polar surface area (TPSA) is 61.4 Å². The van der Waals surface area contributed by atoms with Crippen molar-refractivity contribution in [1.29, 1.82) is 0 Å². The molecule has 1 fully saturated rings. The van der Waals surface area contributed by atoms with Crippen LogP contribution in [-0.4, -0.2) is 43.0 Å². The molecule has 1 heterocycles. The standard InChI is InChI=1S/C11H21N3O2/c1-3-12-10(15)8-13-11(16)14-6-4-9(2)5-7-14/h9H,3-8H2,1-2H3,(H,12,15)(H,13,16). The van der Waals surface area contributed by atoms with Crippen molar-refractivity contribution in [3.63, 3.8) is 0 Å². The molecule has 1 aliphatic rings. The van der Waals surface area contributed by atoms with Crippen molar-refractivity contribution in [3.8, 4) is 0 Å². The summed E-state index contributed by atoms with van der Waals surface area (Å²) < 4.78 is 0. The van der Waals surface area contributed by atoms with Gasteiger partial charge in [0.25, 0.3) is 0 Å². The van der Waals surface area contributed by atoms with E-state index >= 15 is 0 Å². The van der Waals surface area contributed by atoms with Gasteiger partial charge in [-0.2, -0.15) is 0 Å². The minimum atomic E-state index is -0.138. The maximum Gasteiger partial charge on any atom is 0.317 e. The molecule has 0 spiro atoms. The molecule has 3 amide bonds. The summed E-state index contributed by atoms with van der Waals surface area (Å²) in [6.07, 6.45) is 2.10. The second-order valence-corrected chi connectivity index (χ2v) is 4.28. The fourth-order valence-corrected chi connectivity index (χ4v) is 1.74. The third kappa shape index (κ3) is 4.08. The molecule has 0 aromatic rings. The van der Waals surface area contributed by atoms with Crippen LogP contribution in [0.15, 0.2) is 0 Å². The van der Waals surface area contributed by atoms with Gasteiger partial charge in [0.05, 0.1) is 6.54 Å². The van der Waals surface area contributed by atoms with Gasteiger partial charge in [-0.25, -0.2) is 4.79 Å². The monoisotopic (exact) mass is 227 g/mol. The lowest BCUT2D eigenvalue weighted by Gasteiger charge is -2.30. The number of likely N-dealkylation sites (tertiary alicyclic amines) is 1. The Morgan fingerprint density at radius 1 is 1.25 bits per heavy atom. The highest BCUT2D eigenvalue weighted by molar-refractivity contribution is 5.83. The number of nitrogens with zero attached hydrogens (tertiary/aromatic N) is 1. The Bertz CT molecular complexity index is 248. The summed E-state index contributed by atoms with van der Waals surface area (Å²) in [6, 6.07) is -0.127. The van der Waals surface area contributed by atoms with Gasteiger partial charge >= 0.3 is 6.03 Å². The first-order valence-corrected chi connectivity index (χ1v) is 5.93. The summed E-state index contributed by atoms with van der Waals surface area (Å²) >= 11 is 0. The quantitative estimate of drug-likeness (QED) is 0.740. The first-order valence-electron chi connectivity index (χ1n) is 5.93. The number of likely N-dealkylation sites (N-methyl/N-ethyl adjacent to an activating group) is 1. The van der Waals surface area contributed by atoms with Gasteiger partial charge in [-0.15, -0.1) is 0 Å². The molecular weight excluding hydrogens is 206 g/mol. The molecule has 5 heteroatoms. The van der Waals surface area contributed by atoms with Crippen molar-refractivity contribution >= 4 is 11.9 Å². The molecule has 0 bridgehead atoms. The van der Waals surface area contributed by atoms with Gasteiger partial charge in [0.2, 0.25) is 5.91 Å². The number of hydrogen-bond acceptors (Lipinski definition) is 2. The molecule has 0 aliphatic carbocycles. The molecule has 0 aromatic carbocycles. The number of carbonyl (C=O) groups is 2. The zero-order chi connectivity index (χ0) is 12.0. The van der Waals surface area contributed by atoms with E-state index in [0.717, 1.165) is 25.9 Å². The van der Waals surface area contributed by atoms with E-state index in [4.69, 9.17) is 0 Å². The molecule has 92 valence electrons. The Kier molecular flexibility index (Phi) is 5.08. The van der Waals surface area contributed by atoms with Crippen molar-refractivity contribution < 1.29 is 9.59 Å². The summed E-state index contributed by atoms with van der Waals surface area (Å²) in [4.78, 5) is 24.6. The van der Waals surface area contributed by atoms with Crippen molar-refractivity contribution in [2.45, 2.75) is 26.7 Å². The van der Waals surface area contributed by atoms with E-state index < -0.39 is 0 Å². The lowest BCUT2D eigenvalue weighted by atomic mass is 10.00. The Hall–Kier alpha value is -1.26. The maximum atomic E-state index is 11.6. The zero-order valence-electron chi connectivity index (χ0n) is 10.1. The van der Waals surface area contributed by atoms with E-state index in [1.165, 1.54) is 0 Å². The van der Waals surface area contributed by atoms with E-state index in [-0.39, 0.29) is 18.5 Å². The van der Waals surface area contributed by atoms with Crippen molar-refractivity contribution in [1.82, 2.24) is 15.5 Å². The second-order valence-electron chi connectivity index (χ2n) is 4.28. The lowest BCUT2D eigenvalue weighted by Crippen LogP contribution is -2.47. The fraction of sp³-hybridized carbons (Fsp3) is 0.818. The smallest absolute Gasteiger partial charge is 0.317 e. The van der Waals surface area contributed by atoms with Gasteiger partial charge < -0.3 is 15.5 Å². The number of urea groups is 1. The SMILES string of the molecule is CCNC(=O)CNC(=O)N1CCC(C)CC1. The van der Waals surface area contributed by atoms with Crippen LogP contribution in [0.2, 0.25) is 0 Å². The van der Waals surface area contributed by atoms with Crippen LogP contribution in [0.5, 0.6) is 0 Å². The van der Waals surface area contributed by atoms with Gasteiger partial charge in [0.1, 0.15) is 0 Å². The second kappa shape index (κ2) is 6.35. The fourth-order valence-electron chi connectivity index (χ4n) is 1.74. The highest BCUT2D eigenvalue weighted by atomic mass is 16.2. The van der Waals surface area contributed by atoms with Crippen LogP contribution in [0, 0.1) is 5.92 Å². The van der Waals surface area contributed by atoms with Crippen molar-refractivity contribution in [3.05, 3.63) is 0 Å². The number of hydrogen-bond donors (Lipinski definition) is 2. The average Bonchev–Trinajstić information content (AvgIpc) is 2.27. The van der Waals surface area contributed by atoms with Gasteiger partial charge in [0.15, 0.2) is 0 Å². The molecular formula is C11H21N3O2.